The lowest BCUT2D eigenvalue weighted by atomic mass is 10.0. The zero-order chi connectivity index (χ0) is 13.3. The third kappa shape index (κ3) is 2.20. The van der Waals surface area contributed by atoms with E-state index in [2.05, 4.69) is 10.2 Å². The molecular formula is C11H9F3N4. The summed E-state index contributed by atoms with van der Waals surface area (Å²) in [4.78, 5) is 0. The number of hydrogen-bond acceptors (Lipinski definition) is 4. The Morgan fingerprint density at radius 1 is 1.00 bits per heavy atom. The smallest absolute Gasteiger partial charge is 0.396 e. The summed E-state index contributed by atoms with van der Waals surface area (Å²) in [5.41, 5.74) is 10.1. The quantitative estimate of drug-likeness (QED) is 0.818. The van der Waals surface area contributed by atoms with Gasteiger partial charge in [0.2, 0.25) is 0 Å². The van der Waals surface area contributed by atoms with Crippen LogP contribution in [-0.2, 0) is 6.18 Å². The van der Waals surface area contributed by atoms with Crippen LogP contribution in [-0.4, -0.2) is 10.2 Å². The summed E-state index contributed by atoms with van der Waals surface area (Å²) >= 11 is 0. The van der Waals surface area contributed by atoms with Crippen LogP contribution in [0.2, 0.25) is 0 Å². The van der Waals surface area contributed by atoms with Crippen molar-refractivity contribution in [1.82, 2.24) is 10.2 Å². The summed E-state index contributed by atoms with van der Waals surface area (Å²) in [7, 11) is 0. The van der Waals surface area contributed by atoms with Crippen LogP contribution in [0.15, 0.2) is 30.3 Å². The van der Waals surface area contributed by atoms with Crippen molar-refractivity contribution in [3.63, 3.8) is 0 Å². The Bertz CT molecular complexity index is 581. The molecule has 0 aliphatic rings. The van der Waals surface area contributed by atoms with E-state index in [1.165, 1.54) is 24.3 Å². The molecule has 0 aliphatic heterocycles. The average Bonchev–Trinajstić information content (AvgIpc) is 2.32. The third-order valence-corrected chi connectivity index (χ3v) is 2.36. The maximum Gasteiger partial charge on any atom is 0.417 e. The maximum atomic E-state index is 12.8. The van der Waals surface area contributed by atoms with Crippen LogP contribution in [0.4, 0.5) is 24.7 Å². The molecule has 4 N–H and O–H groups in total. The van der Waals surface area contributed by atoms with Crippen LogP contribution in [0.3, 0.4) is 0 Å². The molecule has 0 amide bonds. The molecule has 0 radical (unpaired) electrons. The highest BCUT2D eigenvalue weighted by Gasteiger charge is 2.33. The number of nitrogen functional groups attached to an aromatic ring is 2. The Morgan fingerprint density at radius 3 is 2.28 bits per heavy atom. The van der Waals surface area contributed by atoms with Gasteiger partial charge in [-0.3, -0.25) is 0 Å². The van der Waals surface area contributed by atoms with E-state index in [1.807, 2.05) is 0 Å². The number of anilines is 2. The summed E-state index contributed by atoms with van der Waals surface area (Å²) in [6.45, 7) is 0. The first-order chi connectivity index (χ1) is 8.39. The minimum atomic E-state index is -4.46. The highest BCUT2D eigenvalue weighted by atomic mass is 19.4. The molecule has 94 valence electrons. The fourth-order valence-corrected chi connectivity index (χ4v) is 1.50. The van der Waals surface area contributed by atoms with Crippen molar-refractivity contribution in [3.05, 3.63) is 35.9 Å². The molecule has 1 aromatic carbocycles. The molecule has 1 heterocycles. The van der Waals surface area contributed by atoms with Gasteiger partial charge in [-0.05, 0) is 12.1 Å². The van der Waals surface area contributed by atoms with E-state index in [0.29, 0.717) is 0 Å². The number of nitrogens with two attached hydrogens (primary N) is 2. The van der Waals surface area contributed by atoms with Crippen LogP contribution in [0.1, 0.15) is 5.56 Å². The summed E-state index contributed by atoms with van der Waals surface area (Å²) < 4.78 is 38.4. The molecule has 7 heteroatoms. The van der Waals surface area contributed by atoms with Gasteiger partial charge in [-0.1, -0.05) is 18.2 Å². The molecule has 0 fully saturated rings. The second kappa shape index (κ2) is 4.17. The van der Waals surface area contributed by atoms with Gasteiger partial charge in [0.25, 0.3) is 0 Å². The Labute approximate surface area is 100 Å². The predicted molar refractivity (Wildman–Crippen MR) is 61.3 cm³/mol. The number of nitrogens with zero attached hydrogens (tertiary/aromatic N) is 2. The van der Waals surface area contributed by atoms with Gasteiger partial charge in [-0.15, -0.1) is 10.2 Å². The summed E-state index contributed by atoms with van der Waals surface area (Å²) in [5, 5.41) is 7.14. The molecule has 0 bridgehead atoms. The largest absolute Gasteiger partial charge is 0.417 e. The van der Waals surface area contributed by atoms with E-state index in [1.54, 1.807) is 0 Å². The molecule has 0 spiro atoms. The first-order valence-electron chi connectivity index (χ1n) is 4.95. The van der Waals surface area contributed by atoms with Crippen molar-refractivity contribution in [2.75, 3.05) is 11.5 Å². The van der Waals surface area contributed by atoms with Gasteiger partial charge in [-0.2, -0.15) is 13.2 Å². The Morgan fingerprint density at radius 2 is 1.67 bits per heavy atom. The van der Waals surface area contributed by atoms with Crippen LogP contribution in [0.25, 0.3) is 11.3 Å². The van der Waals surface area contributed by atoms with Crippen molar-refractivity contribution in [1.29, 1.82) is 0 Å². The van der Waals surface area contributed by atoms with Crippen molar-refractivity contribution in [2.24, 2.45) is 0 Å². The molecule has 0 atom stereocenters. The van der Waals surface area contributed by atoms with E-state index in [-0.39, 0.29) is 22.8 Å². The molecule has 4 nitrogen and oxygen atoms in total. The Hall–Kier alpha value is -2.31. The molecular weight excluding hydrogens is 245 g/mol. The molecule has 18 heavy (non-hydrogen) atoms. The molecule has 0 saturated heterocycles. The topological polar surface area (TPSA) is 77.8 Å². The van der Waals surface area contributed by atoms with Gasteiger partial charge < -0.3 is 11.5 Å². The monoisotopic (exact) mass is 254 g/mol. The lowest BCUT2D eigenvalue weighted by Crippen LogP contribution is -2.08. The second-order valence-corrected chi connectivity index (χ2v) is 3.61. The van der Waals surface area contributed by atoms with Crippen molar-refractivity contribution in [2.45, 2.75) is 6.18 Å². The van der Waals surface area contributed by atoms with E-state index >= 15 is 0 Å². The van der Waals surface area contributed by atoms with Crippen LogP contribution >= 0.6 is 0 Å². The number of halogens is 3. The number of benzene rings is 1. The summed E-state index contributed by atoms with van der Waals surface area (Å²) in [5.74, 6) is -0.0109. The molecule has 2 aromatic rings. The van der Waals surface area contributed by atoms with Crippen molar-refractivity contribution in [3.8, 4) is 11.3 Å². The van der Waals surface area contributed by atoms with Gasteiger partial charge in [-0.25, -0.2) is 0 Å². The number of aromatic nitrogens is 2. The Kier molecular flexibility index (Phi) is 2.82. The Balaban J connectivity index is 2.61. The fourth-order valence-electron chi connectivity index (χ4n) is 1.50. The van der Waals surface area contributed by atoms with Crippen LogP contribution in [0.5, 0.6) is 0 Å². The highest BCUT2D eigenvalue weighted by molar-refractivity contribution is 5.70. The van der Waals surface area contributed by atoms with Crippen LogP contribution in [0, 0.1) is 0 Å². The number of rotatable bonds is 1. The van der Waals surface area contributed by atoms with E-state index in [0.717, 1.165) is 6.07 Å². The lowest BCUT2D eigenvalue weighted by molar-refractivity contribution is -0.137. The molecule has 0 unspecified atom stereocenters. The normalized spacial score (nSPS) is 11.5. The van der Waals surface area contributed by atoms with Gasteiger partial charge in [0.05, 0.1) is 16.9 Å². The van der Waals surface area contributed by atoms with E-state index in [4.69, 9.17) is 11.5 Å². The summed E-state index contributed by atoms with van der Waals surface area (Å²) in [6, 6.07) is 6.35. The maximum absolute atomic E-state index is 12.8. The van der Waals surface area contributed by atoms with Gasteiger partial charge in [0, 0.05) is 5.56 Å². The van der Waals surface area contributed by atoms with Crippen molar-refractivity contribution < 1.29 is 13.2 Å². The third-order valence-electron chi connectivity index (χ3n) is 2.36. The van der Waals surface area contributed by atoms with E-state index < -0.39 is 11.7 Å². The van der Waals surface area contributed by atoms with Gasteiger partial charge in [0.15, 0.2) is 5.82 Å². The highest BCUT2D eigenvalue weighted by Crippen LogP contribution is 2.36. The standard InChI is InChI=1S/C11H9F3N4/c12-11(13,14)7-4-2-1-3-6(7)9-5-8(15)10(16)18-17-9/h1-5H,(H2,15,17)(H2,16,18). The van der Waals surface area contributed by atoms with Gasteiger partial charge in [0.1, 0.15) is 0 Å². The van der Waals surface area contributed by atoms with E-state index in [9.17, 15) is 13.2 Å². The average molecular weight is 254 g/mol. The molecule has 0 saturated carbocycles. The molecule has 0 aliphatic carbocycles. The summed E-state index contributed by atoms with van der Waals surface area (Å²) in [6.07, 6.45) is -4.46. The SMILES string of the molecule is Nc1cc(-c2ccccc2C(F)(F)F)nnc1N. The minimum absolute atomic E-state index is 0.0109. The lowest BCUT2D eigenvalue weighted by Gasteiger charge is -2.12. The van der Waals surface area contributed by atoms with Crippen molar-refractivity contribution >= 4 is 11.5 Å². The number of hydrogen-bond donors (Lipinski definition) is 2. The molecule has 2 rings (SSSR count). The fraction of sp³-hybridized carbons (Fsp3) is 0.0909. The molecule has 1 aromatic heterocycles. The first kappa shape index (κ1) is 12.2. The zero-order valence-electron chi connectivity index (χ0n) is 9.07. The first-order valence-corrected chi connectivity index (χ1v) is 4.95. The van der Waals surface area contributed by atoms with Crippen LogP contribution < -0.4 is 11.5 Å². The zero-order valence-corrected chi connectivity index (χ0v) is 9.07. The predicted octanol–water partition coefficient (Wildman–Crippen LogP) is 2.33. The second-order valence-electron chi connectivity index (χ2n) is 3.61. The minimum Gasteiger partial charge on any atom is -0.396 e. The number of alkyl halides is 3. The van der Waals surface area contributed by atoms with Gasteiger partial charge >= 0.3 is 6.18 Å².